The van der Waals surface area contributed by atoms with Crippen molar-refractivity contribution in [1.29, 1.82) is 0 Å². The number of nitrogens with two attached hydrogens (primary N) is 1. The molecule has 4 rings (SSSR count). The predicted molar refractivity (Wildman–Crippen MR) is 118 cm³/mol. The molecule has 0 radical (unpaired) electrons. The van der Waals surface area contributed by atoms with E-state index >= 15 is 0 Å². The molecule has 2 aliphatic rings. The maximum atomic E-state index is 13.5. The third-order valence-corrected chi connectivity index (χ3v) is 5.89. The Morgan fingerprint density at radius 1 is 1.07 bits per heavy atom. The second kappa shape index (κ2) is 8.30. The predicted octanol–water partition coefficient (Wildman–Crippen LogP) is 2.81. The molecule has 2 amide bonds. The van der Waals surface area contributed by atoms with Crippen LogP contribution in [0.1, 0.15) is 29.5 Å². The second-order valence-corrected chi connectivity index (χ2v) is 8.32. The summed E-state index contributed by atoms with van der Waals surface area (Å²) in [6, 6.07) is 15.7. The number of primary amides is 1. The molecule has 0 aliphatic carbocycles. The fourth-order valence-electron chi connectivity index (χ4n) is 4.38. The van der Waals surface area contributed by atoms with Gasteiger partial charge in [0.1, 0.15) is 6.04 Å². The van der Waals surface area contributed by atoms with Gasteiger partial charge in [0.25, 0.3) is 5.91 Å². The Labute approximate surface area is 177 Å². The van der Waals surface area contributed by atoms with Crippen molar-refractivity contribution >= 4 is 23.5 Å². The molecule has 6 heteroatoms. The zero-order valence-electron chi connectivity index (χ0n) is 17.5. The Hall–Kier alpha value is -3.15. The summed E-state index contributed by atoms with van der Waals surface area (Å²) in [6.07, 6.45) is 1.95. The lowest BCUT2D eigenvalue weighted by atomic mass is 9.96. The van der Waals surface area contributed by atoms with Crippen LogP contribution in [0, 0.1) is 19.8 Å². The summed E-state index contributed by atoms with van der Waals surface area (Å²) >= 11 is 0. The molecule has 2 N–H and O–H groups in total. The van der Waals surface area contributed by atoms with Gasteiger partial charge in [0.2, 0.25) is 11.9 Å². The van der Waals surface area contributed by atoms with Crippen molar-refractivity contribution in [3.05, 3.63) is 65.2 Å². The van der Waals surface area contributed by atoms with Crippen LogP contribution in [-0.2, 0) is 16.0 Å². The molecule has 0 spiro atoms. The van der Waals surface area contributed by atoms with Crippen LogP contribution in [0.15, 0.2) is 53.5 Å². The molecule has 2 aromatic carbocycles. The zero-order chi connectivity index (χ0) is 21.3. The van der Waals surface area contributed by atoms with Crippen LogP contribution in [-0.4, -0.2) is 41.8 Å². The van der Waals surface area contributed by atoms with E-state index in [1.807, 2.05) is 56.3 Å². The number of guanidine groups is 1. The maximum absolute atomic E-state index is 13.5. The van der Waals surface area contributed by atoms with Crippen molar-refractivity contribution < 1.29 is 9.59 Å². The molecular weight excluding hydrogens is 376 g/mol. The maximum Gasteiger partial charge on any atom is 0.259 e. The molecule has 6 nitrogen and oxygen atoms in total. The molecule has 0 aromatic heterocycles. The largest absolute Gasteiger partial charge is 0.369 e. The first kappa shape index (κ1) is 20.1. The number of hydrogen-bond donors (Lipinski definition) is 1. The van der Waals surface area contributed by atoms with E-state index in [1.165, 1.54) is 0 Å². The Morgan fingerprint density at radius 2 is 1.70 bits per heavy atom. The van der Waals surface area contributed by atoms with Gasteiger partial charge in [-0.25, -0.2) is 9.89 Å². The molecule has 1 fully saturated rings. The Kier molecular flexibility index (Phi) is 5.57. The van der Waals surface area contributed by atoms with Crippen LogP contribution >= 0.6 is 0 Å². The fraction of sp³-hybridized carbons (Fsp3) is 0.375. The third-order valence-electron chi connectivity index (χ3n) is 5.89. The summed E-state index contributed by atoms with van der Waals surface area (Å²) in [5, 5.41) is 0. The highest BCUT2D eigenvalue weighted by Gasteiger charge is 2.39. The second-order valence-electron chi connectivity index (χ2n) is 8.32. The van der Waals surface area contributed by atoms with Gasteiger partial charge in [-0.05, 0) is 55.5 Å². The molecule has 30 heavy (non-hydrogen) atoms. The first-order chi connectivity index (χ1) is 14.4. The van der Waals surface area contributed by atoms with E-state index in [-0.39, 0.29) is 17.7 Å². The van der Waals surface area contributed by atoms with E-state index in [1.54, 1.807) is 4.90 Å². The number of benzene rings is 2. The number of rotatable bonds is 4. The Morgan fingerprint density at radius 3 is 2.30 bits per heavy atom. The highest BCUT2D eigenvalue weighted by atomic mass is 16.2. The topological polar surface area (TPSA) is 79.0 Å². The smallest absolute Gasteiger partial charge is 0.259 e. The third kappa shape index (κ3) is 4.08. The number of anilines is 1. The van der Waals surface area contributed by atoms with Gasteiger partial charge in [-0.1, -0.05) is 36.4 Å². The van der Waals surface area contributed by atoms with Crippen molar-refractivity contribution in [2.24, 2.45) is 16.6 Å². The number of nitrogens with zero attached hydrogens (tertiary/aromatic N) is 3. The Bertz CT molecular complexity index is 958. The molecular formula is C24H28N4O2. The number of aliphatic imine (C=N–C) groups is 1. The van der Waals surface area contributed by atoms with Crippen molar-refractivity contribution in [2.75, 3.05) is 18.0 Å². The standard InChI is InChI=1S/C24H28N4O2/c1-16-12-17(2)14-20(13-16)28-23(30)21(15-18-6-4-3-5-7-18)26-24(28)27-10-8-19(9-11-27)22(25)29/h3-7,12-14,19,21H,8-11,15H2,1-2H3,(H2,25,29). The molecule has 2 aliphatic heterocycles. The number of aryl methyl sites for hydroxylation is 2. The van der Waals surface area contributed by atoms with Gasteiger partial charge in [0.15, 0.2) is 0 Å². The minimum absolute atomic E-state index is 0.00382. The monoisotopic (exact) mass is 404 g/mol. The van der Waals surface area contributed by atoms with E-state index in [0.29, 0.717) is 38.3 Å². The molecule has 0 saturated carbocycles. The summed E-state index contributed by atoms with van der Waals surface area (Å²) in [6.45, 7) is 5.40. The highest BCUT2D eigenvalue weighted by molar-refractivity contribution is 6.22. The molecule has 1 atom stereocenters. The molecule has 156 valence electrons. The first-order valence-electron chi connectivity index (χ1n) is 10.5. The lowest BCUT2D eigenvalue weighted by Gasteiger charge is -2.35. The van der Waals surface area contributed by atoms with Crippen molar-refractivity contribution in [1.82, 2.24) is 4.90 Å². The van der Waals surface area contributed by atoms with Crippen LogP contribution in [0.5, 0.6) is 0 Å². The number of amides is 2. The van der Waals surface area contributed by atoms with E-state index < -0.39 is 6.04 Å². The van der Waals surface area contributed by atoms with Gasteiger partial charge in [0.05, 0.1) is 5.69 Å². The van der Waals surface area contributed by atoms with Crippen LogP contribution in [0.25, 0.3) is 0 Å². The van der Waals surface area contributed by atoms with Crippen LogP contribution in [0.3, 0.4) is 0 Å². The normalized spacial score (nSPS) is 19.9. The van der Waals surface area contributed by atoms with Crippen molar-refractivity contribution in [2.45, 2.75) is 39.2 Å². The average molecular weight is 405 g/mol. The lowest BCUT2D eigenvalue weighted by Crippen LogP contribution is -2.49. The Balaban J connectivity index is 1.65. The highest BCUT2D eigenvalue weighted by Crippen LogP contribution is 2.29. The summed E-state index contributed by atoms with van der Waals surface area (Å²) in [5.74, 6) is 0.339. The van der Waals surface area contributed by atoms with E-state index in [9.17, 15) is 9.59 Å². The number of piperidine rings is 1. The van der Waals surface area contributed by atoms with Gasteiger partial charge in [-0.15, -0.1) is 0 Å². The summed E-state index contributed by atoms with van der Waals surface area (Å²) in [7, 11) is 0. The number of hydrogen-bond acceptors (Lipinski definition) is 4. The van der Waals surface area contributed by atoms with E-state index in [2.05, 4.69) is 11.0 Å². The van der Waals surface area contributed by atoms with Crippen LogP contribution in [0.4, 0.5) is 5.69 Å². The molecule has 0 bridgehead atoms. The zero-order valence-corrected chi connectivity index (χ0v) is 17.5. The fourth-order valence-corrected chi connectivity index (χ4v) is 4.38. The number of carbonyl (C=O) groups is 2. The molecule has 2 heterocycles. The number of likely N-dealkylation sites (tertiary alicyclic amines) is 1. The van der Waals surface area contributed by atoms with Gasteiger partial charge in [0, 0.05) is 25.4 Å². The average Bonchev–Trinajstić information content (AvgIpc) is 3.04. The van der Waals surface area contributed by atoms with Crippen LogP contribution in [0.2, 0.25) is 0 Å². The van der Waals surface area contributed by atoms with Gasteiger partial charge >= 0.3 is 0 Å². The van der Waals surface area contributed by atoms with Gasteiger partial charge in [-0.3, -0.25) is 9.59 Å². The van der Waals surface area contributed by atoms with Gasteiger partial charge in [-0.2, -0.15) is 0 Å². The number of carbonyl (C=O) groups excluding carboxylic acids is 2. The van der Waals surface area contributed by atoms with E-state index in [0.717, 1.165) is 22.4 Å². The van der Waals surface area contributed by atoms with Crippen molar-refractivity contribution in [3.8, 4) is 0 Å². The summed E-state index contributed by atoms with van der Waals surface area (Å²) in [5.41, 5.74) is 9.65. The summed E-state index contributed by atoms with van der Waals surface area (Å²) in [4.78, 5) is 33.8. The lowest BCUT2D eigenvalue weighted by molar-refractivity contribution is -0.123. The van der Waals surface area contributed by atoms with Crippen LogP contribution < -0.4 is 10.6 Å². The first-order valence-corrected chi connectivity index (χ1v) is 10.5. The summed E-state index contributed by atoms with van der Waals surface area (Å²) < 4.78 is 0. The van der Waals surface area contributed by atoms with E-state index in [4.69, 9.17) is 10.7 Å². The molecule has 1 saturated heterocycles. The van der Waals surface area contributed by atoms with Gasteiger partial charge < -0.3 is 10.6 Å². The molecule has 1 unspecified atom stereocenters. The minimum Gasteiger partial charge on any atom is -0.369 e. The molecule has 2 aromatic rings. The SMILES string of the molecule is Cc1cc(C)cc(N2C(=O)C(Cc3ccccc3)N=C2N2CCC(C(N)=O)CC2)c1. The minimum atomic E-state index is -0.447. The van der Waals surface area contributed by atoms with Crippen molar-refractivity contribution in [3.63, 3.8) is 0 Å². The quantitative estimate of drug-likeness (QED) is 0.851.